The second kappa shape index (κ2) is 6.79. The van der Waals surface area contributed by atoms with E-state index < -0.39 is 11.8 Å². The summed E-state index contributed by atoms with van der Waals surface area (Å²) in [5, 5.41) is 5.57. The molecule has 0 heterocycles. The third kappa shape index (κ3) is 3.98. The number of anilines is 1. The van der Waals surface area contributed by atoms with Crippen LogP contribution in [0.2, 0.25) is 5.02 Å². The first-order valence-corrected chi connectivity index (χ1v) is 7.34. The number of urea groups is 1. The normalized spacial score (nSPS) is 11.9. The maximum Gasteiger partial charge on any atom is 0.319 e. The van der Waals surface area contributed by atoms with Gasteiger partial charge in [0.05, 0.1) is 11.7 Å². The number of benzene rings is 2. The first-order chi connectivity index (χ1) is 10.4. The third-order valence-corrected chi connectivity index (χ3v) is 3.65. The van der Waals surface area contributed by atoms with Crippen molar-refractivity contribution in [2.45, 2.75) is 26.8 Å². The van der Waals surface area contributed by atoms with E-state index in [1.54, 1.807) is 0 Å². The molecule has 5 heteroatoms. The Bertz CT molecular complexity index is 703. The lowest BCUT2D eigenvalue weighted by Gasteiger charge is -2.17. The van der Waals surface area contributed by atoms with Crippen LogP contribution in [0.3, 0.4) is 0 Å². The first-order valence-electron chi connectivity index (χ1n) is 6.96. The molecular weight excluding hydrogens is 303 g/mol. The van der Waals surface area contributed by atoms with Crippen molar-refractivity contribution in [1.82, 2.24) is 5.32 Å². The summed E-state index contributed by atoms with van der Waals surface area (Å²) in [6.07, 6.45) is 0. The number of hydrogen-bond acceptors (Lipinski definition) is 1. The summed E-state index contributed by atoms with van der Waals surface area (Å²) in [7, 11) is 0. The summed E-state index contributed by atoms with van der Waals surface area (Å²) in [5.41, 5.74) is 3.39. The van der Waals surface area contributed by atoms with Gasteiger partial charge in [-0.2, -0.15) is 0 Å². The van der Waals surface area contributed by atoms with E-state index in [-0.39, 0.29) is 16.8 Å². The van der Waals surface area contributed by atoms with E-state index in [1.165, 1.54) is 17.7 Å². The fourth-order valence-electron chi connectivity index (χ4n) is 2.34. The van der Waals surface area contributed by atoms with Gasteiger partial charge in [0, 0.05) is 5.02 Å². The highest BCUT2D eigenvalue weighted by Crippen LogP contribution is 2.20. The number of carbonyl (C=O) groups excluding carboxylic acids is 1. The predicted molar refractivity (Wildman–Crippen MR) is 87.9 cm³/mol. The molecule has 0 fully saturated rings. The van der Waals surface area contributed by atoms with Crippen molar-refractivity contribution in [1.29, 1.82) is 0 Å². The Labute approximate surface area is 134 Å². The summed E-state index contributed by atoms with van der Waals surface area (Å²) >= 11 is 5.68. The second-order valence-corrected chi connectivity index (χ2v) is 5.74. The minimum absolute atomic E-state index is 0.0923. The summed E-state index contributed by atoms with van der Waals surface area (Å²) in [5.74, 6) is -0.568. The molecule has 116 valence electrons. The fourth-order valence-corrected chi connectivity index (χ4v) is 2.49. The van der Waals surface area contributed by atoms with E-state index >= 15 is 0 Å². The molecule has 0 spiro atoms. The number of amides is 2. The van der Waals surface area contributed by atoms with Crippen LogP contribution in [0.15, 0.2) is 36.4 Å². The number of halogens is 2. The highest BCUT2D eigenvalue weighted by Gasteiger charge is 2.13. The van der Waals surface area contributed by atoms with Crippen molar-refractivity contribution in [3.63, 3.8) is 0 Å². The molecule has 0 radical (unpaired) electrons. The highest BCUT2D eigenvalue weighted by molar-refractivity contribution is 6.30. The van der Waals surface area contributed by atoms with Crippen LogP contribution in [0.5, 0.6) is 0 Å². The monoisotopic (exact) mass is 320 g/mol. The minimum atomic E-state index is -0.568. The minimum Gasteiger partial charge on any atom is -0.331 e. The summed E-state index contributed by atoms with van der Waals surface area (Å²) in [6.45, 7) is 5.90. The maximum atomic E-state index is 13.7. The average molecular weight is 321 g/mol. The first kappa shape index (κ1) is 16.3. The van der Waals surface area contributed by atoms with Crippen molar-refractivity contribution in [3.05, 3.63) is 63.9 Å². The van der Waals surface area contributed by atoms with Crippen molar-refractivity contribution in [3.8, 4) is 0 Å². The average Bonchev–Trinajstić information content (AvgIpc) is 2.41. The van der Waals surface area contributed by atoms with Crippen LogP contribution in [0, 0.1) is 19.7 Å². The van der Waals surface area contributed by atoms with Crippen LogP contribution in [0.1, 0.15) is 29.7 Å². The van der Waals surface area contributed by atoms with Crippen molar-refractivity contribution in [2.75, 3.05) is 5.32 Å². The number of hydrogen-bond donors (Lipinski definition) is 2. The molecule has 2 aromatic carbocycles. The largest absolute Gasteiger partial charge is 0.331 e. The molecule has 2 rings (SSSR count). The van der Waals surface area contributed by atoms with Crippen molar-refractivity contribution >= 4 is 23.3 Å². The van der Waals surface area contributed by atoms with E-state index in [9.17, 15) is 9.18 Å². The molecule has 0 aromatic heterocycles. The number of aryl methyl sites for hydroxylation is 2. The van der Waals surface area contributed by atoms with Crippen LogP contribution in [-0.2, 0) is 0 Å². The van der Waals surface area contributed by atoms with Crippen LogP contribution in [0.25, 0.3) is 0 Å². The zero-order valence-electron chi connectivity index (χ0n) is 12.7. The SMILES string of the molecule is Cc1ccc(C(C)NC(=O)Nc2ccc(Cl)cc2F)c(C)c1. The van der Waals surface area contributed by atoms with Gasteiger partial charge in [-0.25, -0.2) is 9.18 Å². The second-order valence-electron chi connectivity index (χ2n) is 5.30. The topological polar surface area (TPSA) is 41.1 Å². The van der Waals surface area contributed by atoms with Crippen LogP contribution < -0.4 is 10.6 Å². The third-order valence-electron chi connectivity index (χ3n) is 3.42. The van der Waals surface area contributed by atoms with Gasteiger partial charge in [0.1, 0.15) is 5.82 Å². The van der Waals surface area contributed by atoms with Gasteiger partial charge in [-0.05, 0) is 50.1 Å². The molecule has 2 amide bonds. The Morgan fingerprint density at radius 2 is 1.91 bits per heavy atom. The molecular formula is C17H18ClFN2O. The van der Waals surface area contributed by atoms with Gasteiger partial charge >= 0.3 is 6.03 Å². The van der Waals surface area contributed by atoms with Gasteiger partial charge in [0.15, 0.2) is 0 Å². The maximum absolute atomic E-state index is 13.7. The van der Waals surface area contributed by atoms with Crippen LogP contribution in [0.4, 0.5) is 14.9 Å². The lowest BCUT2D eigenvalue weighted by atomic mass is 10.0. The number of carbonyl (C=O) groups is 1. The van der Waals surface area contributed by atoms with Crippen molar-refractivity contribution in [2.24, 2.45) is 0 Å². The molecule has 0 aliphatic rings. The number of nitrogens with one attached hydrogen (secondary N) is 2. The smallest absolute Gasteiger partial charge is 0.319 e. The van der Waals surface area contributed by atoms with Crippen LogP contribution in [-0.4, -0.2) is 6.03 Å². The Morgan fingerprint density at radius 1 is 1.18 bits per heavy atom. The van der Waals surface area contributed by atoms with E-state index in [0.717, 1.165) is 17.2 Å². The molecule has 1 atom stereocenters. The molecule has 0 saturated carbocycles. The zero-order valence-corrected chi connectivity index (χ0v) is 13.5. The lowest BCUT2D eigenvalue weighted by Crippen LogP contribution is -2.31. The molecule has 0 aliphatic heterocycles. The molecule has 0 bridgehead atoms. The standard InChI is InChI=1S/C17H18ClFN2O/c1-10-4-6-14(11(2)8-10)12(3)20-17(22)21-16-7-5-13(18)9-15(16)19/h4-9,12H,1-3H3,(H2,20,21,22). The predicted octanol–water partition coefficient (Wildman–Crippen LogP) is 4.98. The Kier molecular flexibility index (Phi) is 5.03. The lowest BCUT2D eigenvalue weighted by molar-refractivity contribution is 0.249. The van der Waals surface area contributed by atoms with Crippen molar-refractivity contribution < 1.29 is 9.18 Å². The van der Waals surface area contributed by atoms with Crippen LogP contribution >= 0.6 is 11.6 Å². The van der Waals surface area contributed by atoms with Gasteiger partial charge in [0.2, 0.25) is 0 Å². The van der Waals surface area contributed by atoms with E-state index in [4.69, 9.17) is 11.6 Å². The summed E-state index contributed by atoms with van der Waals surface area (Å²) in [4.78, 5) is 12.0. The quantitative estimate of drug-likeness (QED) is 0.823. The van der Waals surface area contributed by atoms with Gasteiger partial charge < -0.3 is 10.6 Å². The van der Waals surface area contributed by atoms with Gasteiger partial charge in [-0.1, -0.05) is 35.4 Å². The van der Waals surface area contributed by atoms with Gasteiger partial charge in [-0.3, -0.25) is 0 Å². The Morgan fingerprint density at radius 3 is 2.55 bits per heavy atom. The van der Waals surface area contributed by atoms with Gasteiger partial charge in [0.25, 0.3) is 0 Å². The molecule has 2 aromatic rings. The van der Waals surface area contributed by atoms with E-state index in [1.807, 2.05) is 32.9 Å². The summed E-state index contributed by atoms with van der Waals surface area (Å²) in [6, 6.07) is 9.50. The highest BCUT2D eigenvalue weighted by atomic mass is 35.5. The van der Waals surface area contributed by atoms with E-state index in [2.05, 4.69) is 16.7 Å². The molecule has 1 unspecified atom stereocenters. The molecule has 3 nitrogen and oxygen atoms in total. The molecule has 0 aliphatic carbocycles. The molecule has 0 saturated heterocycles. The van der Waals surface area contributed by atoms with Gasteiger partial charge in [-0.15, -0.1) is 0 Å². The molecule has 2 N–H and O–H groups in total. The number of rotatable bonds is 3. The molecule has 22 heavy (non-hydrogen) atoms. The Balaban J connectivity index is 2.05. The zero-order chi connectivity index (χ0) is 16.3. The fraction of sp³-hybridized carbons (Fsp3) is 0.235. The summed E-state index contributed by atoms with van der Waals surface area (Å²) < 4.78 is 13.7. The van der Waals surface area contributed by atoms with E-state index in [0.29, 0.717) is 0 Å². The Hall–Kier alpha value is -2.07.